The Kier molecular flexibility index (Phi) is 8.51. The second kappa shape index (κ2) is 10.1. The number of carbonyl (C=O) groups is 1. The van der Waals surface area contributed by atoms with E-state index in [1.54, 1.807) is 0 Å². The maximum Gasteiger partial charge on any atom is 0.281 e. The van der Waals surface area contributed by atoms with Gasteiger partial charge in [-0.25, -0.2) is 0 Å². The summed E-state index contributed by atoms with van der Waals surface area (Å²) in [6.07, 6.45) is 9.29. The Morgan fingerprint density at radius 2 is 1.88 bits per heavy atom. The largest absolute Gasteiger partial charge is 0.356 e. The Morgan fingerprint density at radius 1 is 1.16 bits per heavy atom. The maximum absolute atomic E-state index is 12.4. The van der Waals surface area contributed by atoms with E-state index in [-0.39, 0.29) is 11.8 Å². The van der Waals surface area contributed by atoms with E-state index in [0.29, 0.717) is 19.6 Å². The summed E-state index contributed by atoms with van der Waals surface area (Å²) in [4.78, 5) is 12.4. The lowest BCUT2D eigenvalue weighted by Crippen LogP contribution is -2.48. The molecule has 1 N–H and O–H groups in total. The molecule has 1 amide bonds. The molecular formula is C17H33N3O3S2. The number of nitrogens with one attached hydrogen (secondary N) is 1. The van der Waals surface area contributed by atoms with Gasteiger partial charge in [0.1, 0.15) is 0 Å². The number of carbonyl (C=O) groups excluding carboxylic acids is 1. The van der Waals surface area contributed by atoms with Crippen molar-refractivity contribution in [3.8, 4) is 0 Å². The van der Waals surface area contributed by atoms with Crippen molar-refractivity contribution < 1.29 is 13.2 Å². The van der Waals surface area contributed by atoms with E-state index in [9.17, 15) is 13.2 Å². The van der Waals surface area contributed by atoms with Gasteiger partial charge in [-0.05, 0) is 37.9 Å². The fraction of sp³-hybridized carbons (Fsp3) is 0.941. The lowest BCUT2D eigenvalue weighted by atomic mass is 9.99. The monoisotopic (exact) mass is 391 g/mol. The normalized spacial score (nSPS) is 23.7. The lowest BCUT2D eigenvalue weighted by Gasteiger charge is -2.32. The van der Waals surface area contributed by atoms with Crippen molar-refractivity contribution in [3.05, 3.63) is 0 Å². The smallest absolute Gasteiger partial charge is 0.281 e. The molecule has 1 aliphatic heterocycles. The quantitative estimate of drug-likeness (QED) is 0.643. The summed E-state index contributed by atoms with van der Waals surface area (Å²) >= 11 is 2.05. The first-order valence-electron chi connectivity index (χ1n) is 9.48. The zero-order valence-electron chi connectivity index (χ0n) is 15.6. The van der Waals surface area contributed by atoms with Crippen molar-refractivity contribution in [1.29, 1.82) is 0 Å². The molecule has 0 spiro atoms. The molecule has 1 saturated heterocycles. The van der Waals surface area contributed by atoms with Gasteiger partial charge >= 0.3 is 0 Å². The summed E-state index contributed by atoms with van der Waals surface area (Å²) in [6, 6.07) is 0. The molecule has 8 heteroatoms. The van der Waals surface area contributed by atoms with Crippen LogP contribution >= 0.6 is 11.8 Å². The van der Waals surface area contributed by atoms with E-state index >= 15 is 0 Å². The van der Waals surface area contributed by atoms with Crippen LogP contribution in [0.4, 0.5) is 0 Å². The number of amides is 1. The summed E-state index contributed by atoms with van der Waals surface area (Å²) in [5.41, 5.74) is 0. The first kappa shape index (κ1) is 21.0. The fourth-order valence-electron chi connectivity index (χ4n) is 3.51. The Morgan fingerprint density at radius 3 is 2.56 bits per heavy atom. The van der Waals surface area contributed by atoms with Crippen molar-refractivity contribution in [3.63, 3.8) is 0 Å². The molecule has 1 atom stereocenters. The van der Waals surface area contributed by atoms with Gasteiger partial charge in [0, 0.05) is 39.0 Å². The van der Waals surface area contributed by atoms with Crippen LogP contribution in [0.25, 0.3) is 0 Å². The molecule has 1 unspecified atom stereocenters. The van der Waals surface area contributed by atoms with E-state index < -0.39 is 10.2 Å². The minimum absolute atomic E-state index is 0.00122. The first-order chi connectivity index (χ1) is 11.9. The predicted molar refractivity (Wildman–Crippen MR) is 104 cm³/mol. The third-order valence-electron chi connectivity index (χ3n) is 5.07. The van der Waals surface area contributed by atoms with Crippen LogP contribution in [0.15, 0.2) is 0 Å². The second-order valence-corrected chi connectivity index (χ2v) is 10.8. The number of hydrogen-bond acceptors (Lipinski definition) is 4. The topological polar surface area (TPSA) is 69.7 Å². The van der Waals surface area contributed by atoms with Gasteiger partial charge in [0.25, 0.3) is 10.2 Å². The molecule has 0 radical (unpaired) electrons. The van der Waals surface area contributed by atoms with E-state index in [0.717, 1.165) is 30.3 Å². The third-order valence-corrected chi connectivity index (χ3v) is 8.44. The van der Waals surface area contributed by atoms with Gasteiger partial charge in [0.05, 0.1) is 5.92 Å². The molecule has 0 aromatic rings. The fourth-order valence-corrected chi connectivity index (χ4v) is 6.01. The van der Waals surface area contributed by atoms with Crippen molar-refractivity contribution in [1.82, 2.24) is 13.9 Å². The van der Waals surface area contributed by atoms with Crippen LogP contribution in [0.3, 0.4) is 0 Å². The van der Waals surface area contributed by atoms with Gasteiger partial charge in [-0.15, -0.1) is 0 Å². The molecule has 1 aliphatic carbocycles. The standard InChI is InChI=1S/C17H33N3O3S2/c1-19(2)25(22,23)20-12-6-8-15(14-20)17(21)18-11-7-13-24-16-9-4-3-5-10-16/h15-16H,3-14H2,1-2H3,(H,18,21). The van der Waals surface area contributed by atoms with Gasteiger partial charge in [-0.3, -0.25) is 4.79 Å². The number of nitrogens with zero attached hydrogens (tertiary/aromatic N) is 2. The molecular weight excluding hydrogens is 358 g/mol. The van der Waals surface area contributed by atoms with Crippen molar-refractivity contribution in [2.45, 2.75) is 56.6 Å². The molecule has 0 aromatic carbocycles. The molecule has 2 rings (SSSR count). The predicted octanol–water partition coefficient (Wildman–Crippen LogP) is 2.08. The van der Waals surface area contributed by atoms with E-state index in [4.69, 9.17) is 0 Å². The number of hydrogen-bond donors (Lipinski definition) is 1. The van der Waals surface area contributed by atoms with Crippen LogP contribution in [-0.4, -0.2) is 67.7 Å². The summed E-state index contributed by atoms with van der Waals surface area (Å²) in [7, 11) is -0.363. The summed E-state index contributed by atoms with van der Waals surface area (Å²) < 4.78 is 27.1. The van der Waals surface area contributed by atoms with Crippen molar-refractivity contribution in [2.75, 3.05) is 39.5 Å². The SMILES string of the molecule is CN(C)S(=O)(=O)N1CCCC(C(=O)NCCCSC2CCCCC2)C1. The molecule has 1 heterocycles. The Balaban J connectivity index is 1.66. The molecule has 0 aromatic heterocycles. The van der Waals surface area contributed by atoms with Crippen LogP contribution in [-0.2, 0) is 15.0 Å². The zero-order chi connectivity index (χ0) is 18.3. The highest BCUT2D eigenvalue weighted by atomic mass is 32.2. The lowest BCUT2D eigenvalue weighted by molar-refractivity contribution is -0.126. The van der Waals surface area contributed by atoms with Crippen LogP contribution < -0.4 is 5.32 Å². The maximum atomic E-state index is 12.4. The van der Waals surface area contributed by atoms with Gasteiger partial charge in [0.2, 0.25) is 5.91 Å². The van der Waals surface area contributed by atoms with Crippen LogP contribution in [0, 0.1) is 5.92 Å². The van der Waals surface area contributed by atoms with E-state index in [2.05, 4.69) is 5.32 Å². The summed E-state index contributed by atoms with van der Waals surface area (Å²) in [6.45, 7) is 1.49. The average molecular weight is 392 g/mol. The van der Waals surface area contributed by atoms with Crippen molar-refractivity contribution >= 4 is 27.9 Å². The Labute approximate surface area is 157 Å². The zero-order valence-corrected chi connectivity index (χ0v) is 17.2. The highest BCUT2D eigenvalue weighted by molar-refractivity contribution is 7.99. The third kappa shape index (κ3) is 6.41. The molecule has 25 heavy (non-hydrogen) atoms. The summed E-state index contributed by atoms with van der Waals surface area (Å²) in [5.74, 6) is 0.868. The first-order valence-corrected chi connectivity index (χ1v) is 11.9. The Hall–Kier alpha value is -0.310. The molecule has 2 aliphatic rings. The number of thioether (sulfide) groups is 1. The van der Waals surface area contributed by atoms with E-state index in [1.165, 1.54) is 54.8 Å². The number of piperidine rings is 1. The van der Waals surface area contributed by atoms with Crippen LogP contribution in [0.5, 0.6) is 0 Å². The molecule has 1 saturated carbocycles. The van der Waals surface area contributed by atoms with Crippen LogP contribution in [0.1, 0.15) is 51.4 Å². The van der Waals surface area contributed by atoms with Gasteiger partial charge in [0.15, 0.2) is 0 Å². The van der Waals surface area contributed by atoms with Crippen LogP contribution in [0.2, 0.25) is 0 Å². The molecule has 6 nitrogen and oxygen atoms in total. The Bertz CT molecular complexity index is 519. The molecule has 146 valence electrons. The number of rotatable bonds is 8. The second-order valence-electron chi connectivity index (χ2n) is 7.26. The van der Waals surface area contributed by atoms with Gasteiger partial charge in [-0.2, -0.15) is 28.8 Å². The minimum Gasteiger partial charge on any atom is -0.356 e. The van der Waals surface area contributed by atoms with Crippen molar-refractivity contribution in [2.24, 2.45) is 5.92 Å². The van der Waals surface area contributed by atoms with Gasteiger partial charge < -0.3 is 5.32 Å². The molecule has 0 bridgehead atoms. The van der Waals surface area contributed by atoms with E-state index in [1.807, 2.05) is 11.8 Å². The summed E-state index contributed by atoms with van der Waals surface area (Å²) in [5, 5.41) is 3.82. The molecule has 2 fully saturated rings. The average Bonchev–Trinajstić information content (AvgIpc) is 2.62. The highest BCUT2D eigenvalue weighted by Crippen LogP contribution is 2.28. The highest BCUT2D eigenvalue weighted by Gasteiger charge is 2.33. The minimum atomic E-state index is -3.42. The van der Waals surface area contributed by atoms with Gasteiger partial charge in [-0.1, -0.05) is 19.3 Å².